The molecule has 1 aromatic carbocycles. The van der Waals surface area contributed by atoms with Gasteiger partial charge in [0, 0.05) is 6.26 Å². The Balaban J connectivity index is 3.33. The van der Waals surface area contributed by atoms with Gasteiger partial charge >= 0.3 is 0 Å². The maximum atomic E-state index is 11.0. The molecule has 12 heavy (non-hydrogen) atoms. The van der Waals surface area contributed by atoms with Gasteiger partial charge in [-0.2, -0.15) is 0 Å². The van der Waals surface area contributed by atoms with Gasteiger partial charge in [-0.25, -0.2) is 8.42 Å². The van der Waals surface area contributed by atoms with Crippen LogP contribution in [0.15, 0.2) is 23.1 Å². The highest BCUT2D eigenvalue weighted by atomic mass is 127. The molecule has 0 saturated carbocycles. The third-order valence-electron chi connectivity index (χ3n) is 1.35. The Hall–Kier alpha value is -0.300. The number of aromatic hydroxyl groups is 1. The van der Waals surface area contributed by atoms with Crippen LogP contribution in [0.1, 0.15) is 0 Å². The summed E-state index contributed by atoms with van der Waals surface area (Å²) in [5.74, 6) is 0.100. The Morgan fingerprint density at radius 2 is 2.00 bits per heavy atom. The quantitative estimate of drug-likeness (QED) is 0.797. The molecule has 5 heteroatoms. The van der Waals surface area contributed by atoms with Gasteiger partial charge in [-0.15, -0.1) is 0 Å². The topological polar surface area (TPSA) is 54.4 Å². The molecule has 0 spiro atoms. The van der Waals surface area contributed by atoms with Gasteiger partial charge in [0.2, 0.25) is 0 Å². The maximum Gasteiger partial charge on any atom is 0.175 e. The van der Waals surface area contributed by atoms with Crippen molar-refractivity contribution < 1.29 is 13.5 Å². The molecule has 0 atom stereocenters. The lowest BCUT2D eigenvalue weighted by Gasteiger charge is -2.00. The van der Waals surface area contributed by atoms with E-state index in [0.717, 1.165) is 6.26 Å². The van der Waals surface area contributed by atoms with E-state index in [1.54, 1.807) is 0 Å². The van der Waals surface area contributed by atoms with Crippen LogP contribution in [-0.4, -0.2) is 19.8 Å². The van der Waals surface area contributed by atoms with Crippen LogP contribution in [0.4, 0.5) is 0 Å². The normalized spacial score (nSPS) is 11.5. The van der Waals surface area contributed by atoms with Gasteiger partial charge in [-0.05, 0) is 40.8 Å². The van der Waals surface area contributed by atoms with E-state index in [1.807, 2.05) is 22.6 Å². The number of halogens is 1. The van der Waals surface area contributed by atoms with E-state index in [9.17, 15) is 8.42 Å². The summed E-state index contributed by atoms with van der Waals surface area (Å²) < 4.78 is 22.6. The van der Waals surface area contributed by atoms with Crippen LogP contribution < -0.4 is 0 Å². The summed E-state index contributed by atoms with van der Waals surface area (Å²) in [4.78, 5) is 0.227. The minimum Gasteiger partial charge on any atom is -0.507 e. The second-order valence-electron chi connectivity index (χ2n) is 2.39. The fraction of sp³-hybridized carbons (Fsp3) is 0.143. The van der Waals surface area contributed by atoms with E-state index >= 15 is 0 Å². The lowest BCUT2D eigenvalue weighted by atomic mass is 10.3. The summed E-state index contributed by atoms with van der Waals surface area (Å²) in [5.41, 5.74) is 0. The zero-order chi connectivity index (χ0) is 9.35. The zero-order valence-corrected chi connectivity index (χ0v) is 9.26. The van der Waals surface area contributed by atoms with Crippen molar-refractivity contribution in [3.63, 3.8) is 0 Å². The zero-order valence-electron chi connectivity index (χ0n) is 6.28. The predicted octanol–water partition coefficient (Wildman–Crippen LogP) is 1.40. The van der Waals surface area contributed by atoms with Crippen LogP contribution in [0, 0.1) is 3.57 Å². The first kappa shape index (κ1) is 9.79. The average molecular weight is 298 g/mol. The summed E-state index contributed by atoms with van der Waals surface area (Å²) in [6.07, 6.45) is 1.13. The van der Waals surface area contributed by atoms with Gasteiger partial charge < -0.3 is 5.11 Å². The van der Waals surface area contributed by atoms with Crippen LogP contribution in [0.2, 0.25) is 0 Å². The summed E-state index contributed by atoms with van der Waals surface area (Å²) in [7, 11) is -3.16. The van der Waals surface area contributed by atoms with E-state index in [1.165, 1.54) is 18.2 Å². The highest BCUT2D eigenvalue weighted by molar-refractivity contribution is 14.1. The van der Waals surface area contributed by atoms with E-state index in [4.69, 9.17) is 5.11 Å². The summed E-state index contributed by atoms with van der Waals surface area (Å²) in [6, 6.07) is 4.19. The Labute approximate surface area is 84.5 Å². The number of rotatable bonds is 1. The van der Waals surface area contributed by atoms with Crippen LogP contribution in [0.3, 0.4) is 0 Å². The minimum absolute atomic E-state index is 0.100. The molecule has 0 aromatic heterocycles. The highest BCUT2D eigenvalue weighted by Gasteiger charge is 2.08. The number of benzene rings is 1. The van der Waals surface area contributed by atoms with Crippen LogP contribution >= 0.6 is 22.6 Å². The fourth-order valence-electron chi connectivity index (χ4n) is 0.718. The number of hydrogen-bond acceptors (Lipinski definition) is 3. The second-order valence-corrected chi connectivity index (χ2v) is 5.56. The molecular formula is C7H7IO3S. The first-order valence-electron chi connectivity index (χ1n) is 3.10. The Morgan fingerprint density at radius 1 is 1.42 bits per heavy atom. The molecule has 0 aliphatic heterocycles. The van der Waals surface area contributed by atoms with E-state index in [0.29, 0.717) is 3.57 Å². The van der Waals surface area contributed by atoms with E-state index in [2.05, 4.69) is 0 Å². The molecule has 66 valence electrons. The van der Waals surface area contributed by atoms with Crippen molar-refractivity contribution in [2.24, 2.45) is 0 Å². The minimum atomic E-state index is -3.16. The van der Waals surface area contributed by atoms with Gasteiger partial charge in [0.25, 0.3) is 0 Å². The predicted molar refractivity (Wildman–Crippen MR) is 53.9 cm³/mol. The van der Waals surface area contributed by atoms with Gasteiger partial charge in [0.1, 0.15) is 5.75 Å². The monoisotopic (exact) mass is 298 g/mol. The van der Waals surface area contributed by atoms with Crippen molar-refractivity contribution in [3.05, 3.63) is 21.8 Å². The molecule has 1 aromatic rings. The van der Waals surface area contributed by atoms with Gasteiger partial charge in [-0.1, -0.05) is 0 Å². The Kier molecular flexibility index (Phi) is 2.62. The first-order valence-corrected chi connectivity index (χ1v) is 6.07. The molecule has 3 nitrogen and oxygen atoms in total. The summed E-state index contributed by atoms with van der Waals surface area (Å²) in [6.45, 7) is 0. The van der Waals surface area contributed by atoms with E-state index in [-0.39, 0.29) is 10.6 Å². The molecule has 0 saturated heterocycles. The molecule has 0 heterocycles. The summed E-state index contributed by atoms with van der Waals surface area (Å²) in [5, 5.41) is 9.11. The molecule has 0 amide bonds. The molecule has 0 bridgehead atoms. The van der Waals surface area contributed by atoms with Crippen molar-refractivity contribution in [3.8, 4) is 5.75 Å². The van der Waals surface area contributed by atoms with Crippen LogP contribution in [-0.2, 0) is 9.84 Å². The molecule has 0 aliphatic carbocycles. The number of phenolic OH excluding ortho intramolecular Hbond substituents is 1. The number of sulfone groups is 1. The lowest BCUT2D eigenvalue weighted by molar-refractivity contribution is 0.471. The van der Waals surface area contributed by atoms with Crippen molar-refractivity contribution >= 4 is 32.4 Å². The SMILES string of the molecule is CS(=O)(=O)c1ccc(O)c(I)c1. The van der Waals surface area contributed by atoms with Crippen LogP contribution in [0.5, 0.6) is 5.75 Å². The third kappa shape index (κ3) is 2.10. The second kappa shape index (κ2) is 3.21. The van der Waals surface area contributed by atoms with Crippen molar-refractivity contribution in [2.45, 2.75) is 4.90 Å². The molecule has 0 fully saturated rings. The molecule has 1 rings (SSSR count). The van der Waals surface area contributed by atoms with Gasteiger partial charge in [-0.3, -0.25) is 0 Å². The molecule has 0 radical (unpaired) electrons. The largest absolute Gasteiger partial charge is 0.507 e. The Bertz CT molecular complexity index is 397. The highest BCUT2D eigenvalue weighted by Crippen LogP contribution is 2.22. The standard InChI is InChI=1S/C7H7IO3S/c1-12(10,11)5-2-3-7(9)6(8)4-5/h2-4,9H,1H3. The van der Waals surface area contributed by atoms with Gasteiger partial charge in [0.05, 0.1) is 8.47 Å². The smallest absolute Gasteiger partial charge is 0.175 e. The lowest BCUT2D eigenvalue weighted by Crippen LogP contribution is -1.96. The molecular weight excluding hydrogens is 291 g/mol. The average Bonchev–Trinajstić information content (AvgIpc) is 1.92. The Morgan fingerprint density at radius 3 is 2.42 bits per heavy atom. The fourth-order valence-corrected chi connectivity index (χ4v) is 2.09. The van der Waals surface area contributed by atoms with Crippen molar-refractivity contribution in [1.29, 1.82) is 0 Å². The summed E-state index contributed by atoms with van der Waals surface area (Å²) >= 11 is 1.88. The van der Waals surface area contributed by atoms with Crippen molar-refractivity contribution in [1.82, 2.24) is 0 Å². The van der Waals surface area contributed by atoms with Gasteiger partial charge in [0.15, 0.2) is 9.84 Å². The first-order chi connectivity index (χ1) is 5.41. The van der Waals surface area contributed by atoms with Crippen molar-refractivity contribution in [2.75, 3.05) is 6.26 Å². The number of phenols is 1. The molecule has 1 N–H and O–H groups in total. The third-order valence-corrected chi connectivity index (χ3v) is 3.32. The number of hydrogen-bond donors (Lipinski definition) is 1. The molecule has 0 aliphatic rings. The maximum absolute atomic E-state index is 11.0. The van der Waals surface area contributed by atoms with Crippen LogP contribution in [0.25, 0.3) is 0 Å². The van der Waals surface area contributed by atoms with E-state index < -0.39 is 9.84 Å². The molecule has 0 unspecified atom stereocenters.